The van der Waals surface area contributed by atoms with E-state index in [-0.39, 0.29) is 16.7 Å². The molecule has 0 unspecified atom stereocenters. The van der Waals surface area contributed by atoms with Gasteiger partial charge in [-0.1, -0.05) is 34.6 Å². The van der Waals surface area contributed by atoms with Crippen LogP contribution >= 0.6 is 0 Å². The highest BCUT2D eigenvalue weighted by Gasteiger charge is 2.32. The highest BCUT2D eigenvalue weighted by atomic mass is 16.3. The van der Waals surface area contributed by atoms with Gasteiger partial charge in [0.05, 0.1) is 0 Å². The Bertz CT molecular complexity index is 180. The van der Waals surface area contributed by atoms with Crippen LogP contribution in [0.1, 0.15) is 34.6 Å². The van der Waals surface area contributed by atoms with Gasteiger partial charge in [0, 0.05) is 6.54 Å². The smallest absolute Gasteiger partial charge is 0.245 e. The minimum atomic E-state index is -0.430. The molecule has 0 atom stereocenters. The third-order valence-corrected chi connectivity index (χ3v) is 2.90. The summed E-state index contributed by atoms with van der Waals surface area (Å²) in [5, 5.41) is 11.2. The lowest BCUT2D eigenvalue weighted by atomic mass is 9.69. The lowest BCUT2D eigenvalue weighted by molar-refractivity contribution is -0.124. The Morgan fingerprint density at radius 2 is 1.69 bits per heavy atom. The molecule has 0 aromatic heterocycles. The zero-order valence-electron chi connectivity index (χ0n) is 9.27. The lowest BCUT2D eigenvalue weighted by Gasteiger charge is -2.38. The summed E-state index contributed by atoms with van der Waals surface area (Å²) >= 11 is 0. The van der Waals surface area contributed by atoms with E-state index in [0.29, 0.717) is 6.54 Å². The lowest BCUT2D eigenvalue weighted by Crippen LogP contribution is -2.42. The first-order chi connectivity index (χ1) is 5.70. The first kappa shape index (κ1) is 12.4. The van der Waals surface area contributed by atoms with Crippen molar-refractivity contribution in [3.8, 4) is 0 Å². The van der Waals surface area contributed by atoms with Crippen LogP contribution < -0.4 is 5.32 Å². The molecule has 3 nitrogen and oxygen atoms in total. The number of aliphatic hydroxyl groups excluding tert-OH is 1. The molecule has 0 bridgehead atoms. The Labute approximate surface area is 80.5 Å². The molecular formula is C10H21NO2. The van der Waals surface area contributed by atoms with Gasteiger partial charge in [-0.3, -0.25) is 4.79 Å². The third kappa shape index (κ3) is 3.77. The van der Waals surface area contributed by atoms with Crippen molar-refractivity contribution in [3.63, 3.8) is 0 Å². The SMILES string of the molecule is CC(C)(C)C(C)(C)CNC(=O)CO. The second-order valence-corrected chi connectivity index (χ2v) is 5.07. The van der Waals surface area contributed by atoms with E-state index in [0.717, 1.165) is 0 Å². The second-order valence-electron chi connectivity index (χ2n) is 5.07. The predicted molar refractivity (Wildman–Crippen MR) is 53.3 cm³/mol. The molecule has 0 aromatic rings. The Morgan fingerprint density at radius 1 is 1.23 bits per heavy atom. The highest BCUT2D eigenvalue weighted by molar-refractivity contribution is 5.76. The van der Waals surface area contributed by atoms with Gasteiger partial charge in [-0.15, -0.1) is 0 Å². The molecule has 0 aliphatic heterocycles. The van der Waals surface area contributed by atoms with Gasteiger partial charge in [0.15, 0.2) is 0 Å². The van der Waals surface area contributed by atoms with E-state index in [1.807, 2.05) is 0 Å². The highest BCUT2D eigenvalue weighted by Crippen LogP contribution is 2.36. The second kappa shape index (κ2) is 4.09. The van der Waals surface area contributed by atoms with E-state index < -0.39 is 6.61 Å². The number of hydrogen-bond donors (Lipinski definition) is 2. The summed E-state index contributed by atoms with van der Waals surface area (Å²) in [7, 11) is 0. The number of aliphatic hydroxyl groups is 1. The van der Waals surface area contributed by atoms with Crippen molar-refractivity contribution < 1.29 is 9.90 Å². The van der Waals surface area contributed by atoms with Crippen LogP contribution in [0.4, 0.5) is 0 Å². The largest absolute Gasteiger partial charge is 0.387 e. The zero-order chi connectivity index (χ0) is 10.7. The van der Waals surface area contributed by atoms with Crippen LogP contribution in [0.5, 0.6) is 0 Å². The van der Waals surface area contributed by atoms with E-state index in [9.17, 15) is 4.79 Å². The molecule has 78 valence electrons. The summed E-state index contributed by atoms with van der Waals surface area (Å²) in [5.41, 5.74) is 0.160. The average Bonchev–Trinajstić information content (AvgIpc) is 1.98. The molecule has 0 aromatic carbocycles. The first-order valence-electron chi connectivity index (χ1n) is 4.58. The van der Waals surface area contributed by atoms with Gasteiger partial charge in [0.2, 0.25) is 5.91 Å². The molecule has 3 heteroatoms. The zero-order valence-corrected chi connectivity index (χ0v) is 9.27. The van der Waals surface area contributed by atoms with Crippen molar-refractivity contribution in [1.29, 1.82) is 0 Å². The van der Waals surface area contributed by atoms with Gasteiger partial charge in [-0.25, -0.2) is 0 Å². The fraction of sp³-hybridized carbons (Fsp3) is 0.900. The van der Waals surface area contributed by atoms with Crippen molar-refractivity contribution in [2.24, 2.45) is 10.8 Å². The summed E-state index contributed by atoms with van der Waals surface area (Å²) in [5.74, 6) is -0.308. The van der Waals surface area contributed by atoms with Gasteiger partial charge < -0.3 is 10.4 Å². The summed E-state index contributed by atoms with van der Waals surface area (Å²) in [6.07, 6.45) is 0. The van der Waals surface area contributed by atoms with E-state index >= 15 is 0 Å². The summed E-state index contributed by atoms with van der Waals surface area (Å²) in [6, 6.07) is 0. The van der Waals surface area contributed by atoms with Crippen LogP contribution in [0.25, 0.3) is 0 Å². The van der Waals surface area contributed by atoms with Gasteiger partial charge in [0.1, 0.15) is 6.61 Å². The van der Waals surface area contributed by atoms with Gasteiger partial charge in [0.25, 0.3) is 0 Å². The minimum absolute atomic E-state index is 0.0256. The van der Waals surface area contributed by atoms with Crippen LogP contribution in [0.2, 0.25) is 0 Å². The molecule has 0 radical (unpaired) electrons. The summed E-state index contributed by atoms with van der Waals surface area (Å²) < 4.78 is 0. The molecule has 13 heavy (non-hydrogen) atoms. The van der Waals surface area contributed by atoms with E-state index in [4.69, 9.17) is 5.11 Å². The third-order valence-electron chi connectivity index (χ3n) is 2.90. The van der Waals surface area contributed by atoms with Crippen LogP contribution in [-0.2, 0) is 4.79 Å². The molecular weight excluding hydrogens is 166 g/mol. The topological polar surface area (TPSA) is 49.3 Å². The number of amides is 1. The molecule has 2 N–H and O–H groups in total. The maximum atomic E-state index is 10.8. The number of nitrogens with one attached hydrogen (secondary N) is 1. The van der Waals surface area contributed by atoms with Gasteiger partial charge in [-0.2, -0.15) is 0 Å². The normalized spacial score (nSPS) is 12.8. The molecule has 0 aliphatic rings. The van der Waals surface area contributed by atoms with Crippen LogP contribution in [0.15, 0.2) is 0 Å². The monoisotopic (exact) mass is 187 g/mol. The molecule has 0 fully saturated rings. The molecule has 0 saturated heterocycles. The van der Waals surface area contributed by atoms with Gasteiger partial charge in [-0.05, 0) is 10.8 Å². The Morgan fingerprint density at radius 3 is 2.00 bits per heavy atom. The van der Waals surface area contributed by atoms with E-state index in [1.54, 1.807) is 0 Å². The Kier molecular flexibility index (Phi) is 3.91. The van der Waals surface area contributed by atoms with Gasteiger partial charge >= 0.3 is 0 Å². The van der Waals surface area contributed by atoms with Crippen molar-refractivity contribution in [2.45, 2.75) is 34.6 Å². The fourth-order valence-electron chi connectivity index (χ4n) is 0.641. The van der Waals surface area contributed by atoms with Crippen molar-refractivity contribution in [3.05, 3.63) is 0 Å². The molecule has 0 saturated carbocycles. The molecule has 0 heterocycles. The standard InChI is InChI=1S/C10H21NO2/c1-9(2,3)10(4,5)7-11-8(13)6-12/h12H,6-7H2,1-5H3,(H,11,13). The van der Waals surface area contributed by atoms with E-state index in [2.05, 4.69) is 39.9 Å². The first-order valence-corrected chi connectivity index (χ1v) is 4.58. The number of rotatable bonds is 3. The number of hydrogen-bond acceptors (Lipinski definition) is 2. The van der Waals surface area contributed by atoms with E-state index in [1.165, 1.54) is 0 Å². The average molecular weight is 187 g/mol. The quantitative estimate of drug-likeness (QED) is 0.696. The summed E-state index contributed by atoms with van der Waals surface area (Å²) in [4.78, 5) is 10.8. The molecule has 0 aliphatic carbocycles. The molecule has 0 rings (SSSR count). The molecule has 0 spiro atoms. The number of carbonyl (C=O) groups is 1. The maximum Gasteiger partial charge on any atom is 0.245 e. The van der Waals surface area contributed by atoms with Crippen LogP contribution in [0, 0.1) is 10.8 Å². The number of carbonyl (C=O) groups excluding carboxylic acids is 1. The Hall–Kier alpha value is -0.570. The van der Waals surface area contributed by atoms with Crippen molar-refractivity contribution >= 4 is 5.91 Å². The summed E-state index contributed by atoms with van der Waals surface area (Å²) in [6.45, 7) is 10.8. The Balaban J connectivity index is 4.12. The van der Waals surface area contributed by atoms with Crippen LogP contribution in [0.3, 0.4) is 0 Å². The molecule has 1 amide bonds. The van der Waals surface area contributed by atoms with Crippen molar-refractivity contribution in [1.82, 2.24) is 5.32 Å². The fourth-order valence-corrected chi connectivity index (χ4v) is 0.641. The predicted octanol–water partition coefficient (Wildman–Crippen LogP) is 1.17. The van der Waals surface area contributed by atoms with Crippen molar-refractivity contribution in [2.75, 3.05) is 13.2 Å². The van der Waals surface area contributed by atoms with Crippen LogP contribution in [-0.4, -0.2) is 24.2 Å². The maximum absolute atomic E-state index is 10.8. The minimum Gasteiger partial charge on any atom is -0.387 e.